The van der Waals surface area contributed by atoms with Crippen LogP contribution in [0.25, 0.3) is 0 Å². The lowest BCUT2D eigenvalue weighted by molar-refractivity contribution is 0.318. The fourth-order valence-electron chi connectivity index (χ4n) is 2.22. The molecule has 0 radical (unpaired) electrons. The zero-order chi connectivity index (χ0) is 12.4. The summed E-state index contributed by atoms with van der Waals surface area (Å²) >= 11 is 0. The molecule has 0 amide bonds. The van der Waals surface area contributed by atoms with Gasteiger partial charge in [0.15, 0.2) is 0 Å². The molecule has 1 aliphatic heterocycles. The highest BCUT2D eigenvalue weighted by Gasteiger charge is 2.26. The largest absolute Gasteiger partial charge is 0.215 e. The Bertz CT molecular complexity index is 454. The Labute approximate surface area is 100 Å². The number of nitrogens with zero attached hydrogens (tertiary/aromatic N) is 1. The average Bonchev–Trinajstić information content (AvgIpc) is 2.29. The van der Waals surface area contributed by atoms with E-state index in [1.807, 2.05) is 0 Å². The molecule has 0 spiro atoms. The predicted octanol–water partition coefficient (Wildman–Crippen LogP) is 1.67. The highest BCUT2D eigenvalue weighted by molar-refractivity contribution is 7.69. The van der Waals surface area contributed by atoms with Crippen molar-refractivity contribution in [3.63, 3.8) is 0 Å². The Hall–Kier alpha value is -1.01. The van der Waals surface area contributed by atoms with Gasteiger partial charge in [0.1, 0.15) is 11.6 Å². The van der Waals surface area contributed by atoms with Gasteiger partial charge in [0.2, 0.25) is 10.9 Å². The van der Waals surface area contributed by atoms with E-state index in [1.54, 1.807) is 0 Å². The molecule has 6 heteroatoms. The topological polar surface area (TPSA) is 37.4 Å². The first kappa shape index (κ1) is 12.4. The van der Waals surface area contributed by atoms with Crippen molar-refractivity contribution in [3.05, 3.63) is 35.4 Å². The van der Waals surface area contributed by atoms with Crippen molar-refractivity contribution >= 4 is 10.9 Å². The van der Waals surface area contributed by atoms with Crippen LogP contribution in [0.2, 0.25) is 0 Å². The molecule has 1 aromatic carbocycles. The second-order valence-electron chi connectivity index (χ2n) is 4.10. The van der Waals surface area contributed by atoms with E-state index < -0.39 is 22.5 Å². The van der Waals surface area contributed by atoms with Gasteiger partial charge in [-0.05, 0) is 30.9 Å². The molecule has 1 heterocycles. The number of benzene rings is 1. The van der Waals surface area contributed by atoms with E-state index in [9.17, 15) is 17.2 Å². The highest BCUT2D eigenvalue weighted by Crippen LogP contribution is 2.31. The first-order valence-corrected chi connectivity index (χ1v) is 6.56. The van der Waals surface area contributed by atoms with E-state index in [4.69, 9.17) is 0 Å². The third-order valence-corrected chi connectivity index (χ3v) is 3.97. The molecule has 1 fully saturated rings. The van der Waals surface area contributed by atoms with Gasteiger partial charge >= 0.3 is 0 Å². The second kappa shape index (κ2) is 5.10. The van der Waals surface area contributed by atoms with Crippen molar-refractivity contribution < 1.29 is 17.2 Å². The first-order valence-electron chi connectivity index (χ1n) is 5.42. The van der Waals surface area contributed by atoms with Crippen LogP contribution < -0.4 is 0 Å². The maximum absolute atomic E-state index is 13.5. The van der Waals surface area contributed by atoms with Crippen LogP contribution in [0.3, 0.4) is 0 Å². The highest BCUT2D eigenvalue weighted by atomic mass is 32.2. The van der Waals surface area contributed by atoms with Gasteiger partial charge in [-0.3, -0.25) is 0 Å². The summed E-state index contributed by atoms with van der Waals surface area (Å²) in [6.45, 7) is 0.661. The van der Waals surface area contributed by atoms with Crippen LogP contribution in [-0.4, -0.2) is 25.8 Å². The molecule has 17 heavy (non-hydrogen) atoms. The zero-order valence-electron chi connectivity index (χ0n) is 9.10. The molecule has 3 nitrogen and oxygen atoms in total. The van der Waals surface area contributed by atoms with Crippen LogP contribution in [0.1, 0.15) is 24.3 Å². The SMILES string of the molecule is O=[SH](=O)N1CCC(c2c(F)cccc2F)CC1. The Morgan fingerprint density at radius 3 is 2.12 bits per heavy atom. The molecule has 2 rings (SSSR count). The van der Waals surface area contributed by atoms with Crippen LogP contribution in [0.4, 0.5) is 8.78 Å². The molecular weight excluding hydrogens is 248 g/mol. The Kier molecular flexibility index (Phi) is 3.73. The molecule has 0 bridgehead atoms. The lowest BCUT2D eigenvalue weighted by atomic mass is 9.89. The van der Waals surface area contributed by atoms with E-state index in [0.29, 0.717) is 25.9 Å². The van der Waals surface area contributed by atoms with E-state index >= 15 is 0 Å². The number of halogens is 2. The molecule has 0 unspecified atom stereocenters. The quantitative estimate of drug-likeness (QED) is 0.822. The van der Waals surface area contributed by atoms with Crippen molar-refractivity contribution in [1.29, 1.82) is 0 Å². The van der Waals surface area contributed by atoms with Crippen LogP contribution in [0.15, 0.2) is 18.2 Å². The summed E-state index contributed by atoms with van der Waals surface area (Å²) in [6.07, 6.45) is 0.919. The molecular formula is C11H13F2NO2S. The standard InChI is InChI=1S/C11H13F2NO2S/c12-9-2-1-3-10(13)11(9)8-4-6-14(7-5-8)17(15)16/h1-3,8,17H,4-7H2. The Morgan fingerprint density at radius 2 is 1.65 bits per heavy atom. The van der Waals surface area contributed by atoms with Gasteiger partial charge in [0, 0.05) is 18.7 Å². The van der Waals surface area contributed by atoms with Gasteiger partial charge in [-0.25, -0.2) is 21.5 Å². The van der Waals surface area contributed by atoms with E-state index in [-0.39, 0.29) is 11.5 Å². The molecule has 1 aliphatic rings. The number of piperidine rings is 1. The van der Waals surface area contributed by atoms with Crippen LogP contribution in [0, 0.1) is 11.6 Å². The van der Waals surface area contributed by atoms with Crippen molar-refractivity contribution in [1.82, 2.24) is 4.31 Å². The summed E-state index contributed by atoms with van der Waals surface area (Å²) in [5.74, 6) is -1.33. The zero-order valence-corrected chi connectivity index (χ0v) is 10.00. The van der Waals surface area contributed by atoms with Crippen molar-refractivity contribution in [2.24, 2.45) is 0 Å². The minimum absolute atomic E-state index is 0.0910. The van der Waals surface area contributed by atoms with E-state index in [0.717, 1.165) is 0 Å². The van der Waals surface area contributed by atoms with Gasteiger partial charge in [-0.1, -0.05) is 6.07 Å². The smallest absolute Gasteiger partial charge is 0.203 e. The van der Waals surface area contributed by atoms with Crippen molar-refractivity contribution in [3.8, 4) is 0 Å². The summed E-state index contributed by atoms with van der Waals surface area (Å²) in [6, 6.07) is 3.80. The molecule has 94 valence electrons. The maximum atomic E-state index is 13.5. The summed E-state index contributed by atoms with van der Waals surface area (Å²) < 4.78 is 49.8. The predicted molar refractivity (Wildman–Crippen MR) is 60.2 cm³/mol. The summed E-state index contributed by atoms with van der Waals surface area (Å²) in [7, 11) is -2.58. The Morgan fingerprint density at radius 1 is 1.12 bits per heavy atom. The van der Waals surface area contributed by atoms with Crippen molar-refractivity contribution in [2.45, 2.75) is 18.8 Å². The normalized spacial score (nSPS) is 18.8. The molecule has 1 aromatic rings. The summed E-state index contributed by atoms with van der Waals surface area (Å²) in [5, 5.41) is 0. The van der Waals surface area contributed by atoms with Crippen LogP contribution >= 0.6 is 0 Å². The average molecular weight is 261 g/mol. The first-order chi connectivity index (χ1) is 8.09. The minimum atomic E-state index is -2.58. The molecule has 0 saturated carbocycles. The van der Waals surface area contributed by atoms with Gasteiger partial charge < -0.3 is 0 Å². The van der Waals surface area contributed by atoms with Crippen molar-refractivity contribution in [2.75, 3.05) is 13.1 Å². The summed E-state index contributed by atoms with van der Waals surface area (Å²) in [4.78, 5) is 0. The fraction of sp³-hybridized carbons (Fsp3) is 0.455. The lowest BCUT2D eigenvalue weighted by Gasteiger charge is -2.28. The van der Waals surface area contributed by atoms with E-state index in [1.165, 1.54) is 22.5 Å². The molecule has 0 atom stereocenters. The molecule has 0 aromatic heterocycles. The van der Waals surface area contributed by atoms with E-state index in [2.05, 4.69) is 0 Å². The van der Waals surface area contributed by atoms with Gasteiger partial charge in [0.05, 0.1) is 0 Å². The summed E-state index contributed by atoms with van der Waals surface area (Å²) in [5.41, 5.74) is 0.0910. The maximum Gasteiger partial charge on any atom is 0.203 e. The number of thiol groups is 1. The van der Waals surface area contributed by atoms with Crippen LogP contribution in [0.5, 0.6) is 0 Å². The third kappa shape index (κ3) is 2.63. The number of rotatable bonds is 2. The second-order valence-corrected chi connectivity index (χ2v) is 5.14. The fourth-order valence-corrected chi connectivity index (χ4v) is 2.78. The minimum Gasteiger partial charge on any atom is -0.215 e. The van der Waals surface area contributed by atoms with Gasteiger partial charge in [-0.2, -0.15) is 0 Å². The lowest BCUT2D eigenvalue weighted by Crippen LogP contribution is -2.32. The van der Waals surface area contributed by atoms with Gasteiger partial charge in [0.25, 0.3) is 0 Å². The van der Waals surface area contributed by atoms with Gasteiger partial charge in [-0.15, -0.1) is 0 Å². The molecule has 1 saturated heterocycles. The third-order valence-electron chi connectivity index (χ3n) is 3.11. The Balaban J connectivity index is 2.16. The number of hydrogen-bond acceptors (Lipinski definition) is 2. The molecule has 0 N–H and O–H groups in total. The van der Waals surface area contributed by atoms with Crippen LogP contribution in [-0.2, 0) is 10.9 Å². The monoisotopic (exact) mass is 261 g/mol. The molecule has 0 aliphatic carbocycles. The number of hydrogen-bond donors (Lipinski definition) is 1.